The number of hydrogen-bond acceptors (Lipinski definition) is 4. The summed E-state index contributed by atoms with van der Waals surface area (Å²) in [6.07, 6.45) is 0. The van der Waals surface area contributed by atoms with Crippen molar-refractivity contribution < 1.29 is 9.66 Å². The Bertz CT molecular complexity index is 654. The van der Waals surface area contributed by atoms with Crippen molar-refractivity contribution in [2.45, 2.75) is 26.5 Å². The molecule has 0 spiro atoms. The number of ether oxygens (including phenoxy) is 1. The molecule has 2 aromatic carbocycles. The Morgan fingerprint density at radius 3 is 2.67 bits per heavy atom. The van der Waals surface area contributed by atoms with Gasteiger partial charge in [-0.1, -0.05) is 24.3 Å². The molecule has 0 saturated carbocycles. The van der Waals surface area contributed by atoms with E-state index in [1.165, 1.54) is 6.07 Å². The van der Waals surface area contributed by atoms with Gasteiger partial charge in [-0.05, 0) is 37.1 Å². The first-order chi connectivity index (χ1) is 9.99. The van der Waals surface area contributed by atoms with Gasteiger partial charge in [0.25, 0.3) is 5.69 Å². The van der Waals surface area contributed by atoms with Crippen molar-refractivity contribution in [3.63, 3.8) is 0 Å². The van der Waals surface area contributed by atoms with Crippen LogP contribution in [0.3, 0.4) is 0 Å². The minimum absolute atomic E-state index is 0.0619. The van der Waals surface area contributed by atoms with E-state index in [-0.39, 0.29) is 23.3 Å². The summed E-state index contributed by atoms with van der Waals surface area (Å²) in [5.74, 6) is 0.704. The summed E-state index contributed by atoms with van der Waals surface area (Å²) < 4.78 is 5.72. The minimum Gasteiger partial charge on any atom is -0.489 e. The minimum atomic E-state index is -0.379. The Balaban J connectivity index is 2.15. The molecule has 0 aliphatic carbocycles. The third-order valence-corrected chi connectivity index (χ3v) is 3.39. The van der Waals surface area contributed by atoms with Crippen molar-refractivity contribution in [2.75, 3.05) is 0 Å². The second-order valence-electron chi connectivity index (χ2n) is 4.97. The van der Waals surface area contributed by atoms with Gasteiger partial charge in [-0.25, -0.2) is 0 Å². The van der Waals surface area contributed by atoms with Gasteiger partial charge < -0.3 is 10.5 Å². The summed E-state index contributed by atoms with van der Waals surface area (Å²) in [7, 11) is 0. The fraction of sp³-hybridized carbons (Fsp3) is 0.250. The standard InChI is InChI=1S/C16H18N2O3/c1-11-14(6-4-8-16(11)18(19)20)10-21-15-7-3-5-13(9-15)12(2)17/h3-9,12H,10,17H2,1-2H3/t12-/m0/s1. The lowest BCUT2D eigenvalue weighted by atomic mass is 10.1. The number of nitro benzene ring substituents is 1. The monoisotopic (exact) mass is 286 g/mol. The van der Waals surface area contributed by atoms with Crippen molar-refractivity contribution in [1.29, 1.82) is 0 Å². The number of nitrogens with two attached hydrogens (primary N) is 1. The van der Waals surface area contributed by atoms with Crippen molar-refractivity contribution >= 4 is 5.69 Å². The average molecular weight is 286 g/mol. The molecule has 0 aliphatic heterocycles. The van der Waals surface area contributed by atoms with E-state index in [9.17, 15) is 10.1 Å². The lowest BCUT2D eigenvalue weighted by Crippen LogP contribution is -2.05. The largest absolute Gasteiger partial charge is 0.489 e. The molecule has 2 rings (SSSR count). The molecule has 1 atom stereocenters. The van der Waals surface area contributed by atoms with Gasteiger partial charge in [0.05, 0.1) is 4.92 Å². The third kappa shape index (κ3) is 3.58. The van der Waals surface area contributed by atoms with Crippen LogP contribution in [-0.4, -0.2) is 4.92 Å². The molecule has 0 radical (unpaired) electrons. The summed E-state index contributed by atoms with van der Waals surface area (Å²) in [6.45, 7) is 3.93. The van der Waals surface area contributed by atoms with E-state index in [0.29, 0.717) is 11.3 Å². The smallest absolute Gasteiger partial charge is 0.272 e. The lowest BCUT2D eigenvalue weighted by molar-refractivity contribution is -0.385. The SMILES string of the molecule is Cc1c(COc2cccc([C@H](C)N)c2)cccc1[N+](=O)[O-]. The Morgan fingerprint density at radius 2 is 2.00 bits per heavy atom. The van der Waals surface area contributed by atoms with Crippen LogP contribution in [0.1, 0.15) is 29.7 Å². The van der Waals surface area contributed by atoms with Crippen LogP contribution in [0.5, 0.6) is 5.75 Å². The highest BCUT2D eigenvalue weighted by Gasteiger charge is 2.13. The summed E-state index contributed by atoms with van der Waals surface area (Å²) in [4.78, 5) is 10.5. The Labute approximate surface area is 123 Å². The van der Waals surface area contributed by atoms with Crippen molar-refractivity contribution in [3.05, 3.63) is 69.3 Å². The molecule has 21 heavy (non-hydrogen) atoms. The van der Waals surface area contributed by atoms with Gasteiger partial charge >= 0.3 is 0 Å². The van der Waals surface area contributed by atoms with E-state index < -0.39 is 0 Å². The van der Waals surface area contributed by atoms with Gasteiger partial charge in [0, 0.05) is 17.7 Å². The van der Waals surface area contributed by atoms with Crippen molar-refractivity contribution in [2.24, 2.45) is 5.73 Å². The maximum atomic E-state index is 10.9. The molecule has 5 nitrogen and oxygen atoms in total. The van der Waals surface area contributed by atoms with Gasteiger partial charge in [-0.15, -0.1) is 0 Å². The van der Waals surface area contributed by atoms with Crippen molar-refractivity contribution in [3.8, 4) is 5.75 Å². The lowest BCUT2D eigenvalue weighted by Gasteiger charge is -2.11. The molecule has 2 aromatic rings. The molecule has 0 aliphatic rings. The molecule has 110 valence electrons. The highest BCUT2D eigenvalue weighted by molar-refractivity contribution is 5.44. The van der Waals surface area contributed by atoms with Crippen LogP contribution in [0.15, 0.2) is 42.5 Å². The van der Waals surface area contributed by atoms with Crippen LogP contribution in [-0.2, 0) is 6.61 Å². The van der Waals surface area contributed by atoms with Crippen LogP contribution >= 0.6 is 0 Å². The first-order valence-corrected chi connectivity index (χ1v) is 6.70. The number of nitrogens with zero attached hydrogens (tertiary/aromatic N) is 1. The molecule has 0 amide bonds. The summed E-state index contributed by atoms with van der Waals surface area (Å²) >= 11 is 0. The van der Waals surface area contributed by atoms with E-state index >= 15 is 0 Å². The molecule has 0 fully saturated rings. The molecule has 0 saturated heterocycles. The zero-order valence-corrected chi connectivity index (χ0v) is 12.1. The van der Waals surface area contributed by atoms with Crippen molar-refractivity contribution in [1.82, 2.24) is 0 Å². The van der Waals surface area contributed by atoms with E-state index in [4.69, 9.17) is 10.5 Å². The number of nitro groups is 1. The molecule has 0 heterocycles. The number of rotatable bonds is 5. The van der Waals surface area contributed by atoms with E-state index in [0.717, 1.165) is 11.1 Å². The highest BCUT2D eigenvalue weighted by Crippen LogP contribution is 2.23. The zero-order chi connectivity index (χ0) is 15.4. The Hall–Kier alpha value is -2.40. The predicted molar refractivity (Wildman–Crippen MR) is 81.2 cm³/mol. The topological polar surface area (TPSA) is 78.4 Å². The Kier molecular flexibility index (Phi) is 4.55. The Morgan fingerprint density at radius 1 is 1.29 bits per heavy atom. The van der Waals surface area contributed by atoms with Gasteiger partial charge in [0.15, 0.2) is 0 Å². The number of hydrogen-bond donors (Lipinski definition) is 1. The fourth-order valence-electron chi connectivity index (χ4n) is 2.07. The van der Waals surface area contributed by atoms with Gasteiger partial charge in [-0.3, -0.25) is 10.1 Å². The molecule has 0 unspecified atom stereocenters. The first-order valence-electron chi connectivity index (χ1n) is 6.70. The molecular formula is C16H18N2O3. The first kappa shape index (κ1) is 15.0. The van der Waals surface area contributed by atoms with Crippen LogP contribution in [0, 0.1) is 17.0 Å². The number of benzene rings is 2. The molecular weight excluding hydrogens is 268 g/mol. The highest BCUT2D eigenvalue weighted by atomic mass is 16.6. The molecule has 0 bridgehead atoms. The van der Waals surface area contributed by atoms with Gasteiger partial charge in [0.1, 0.15) is 12.4 Å². The maximum absolute atomic E-state index is 10.9. The zero-order valence-electron chi connectivity index (χ0n) is 12.1. The summed E-state index contributed by atoms with van der Waals surface area (Å²) in [6, 6.07) is 12.5. The average Bonchev–Trinajstić information content (AvgIpc) is 2.46. The summed E-state index contributed by atoms with van der Waals surface area (Å²) in [5.41, 5.74) is 8.37. The van der Waals surface area contributed by atoms with E-state index in [1.54, 1.807) is 13.0 Å². The normalized spacial score (nSPS) is 12.0. The van der Waals surface area contributed by atoms with E-state index in [1.807, 2.05) is 37.3 Å². The predicted octanol–water partition coefficient (Wildman–Crippen LogP) is 3.50. The van der Waals surface area contributed by atoms with Gasteiger partial charge in [-0.2, -0.15) is 0 Å². The fourth-order valence-corrected chi connectivity index (χ4v) is 2.07. The van der Waals surface area contributed by atoms with E-state index in [2.05, 4.69) is 0 Å². The quantitative estimate of drug-likeness (QED) is 0.674. The summed E-state index contributed by atoms with van der Waals surface area (Å²) in [5, 5.41) is 10.9. The molecule has 2 N–H and O–H groups in total. The maximum Gasteiger partial charge on any atom is 0.272 e. The van der Waals surface area contributed by atoms with Gasteiger partial charge in [0.2, 0.25) is 0 Å². The second kappa shape index (κ2) is 6.37. The second-order valence-corrected chi connectivity index (χ2v) is 4.97. The van der Waals surface area contributed by atoms with Crippen LogP contribution in [0.2, 0.25) is 0 Å². The molecule has 0 aromatic heterocycles. The van der Waals surface area contributed by atoms with Crippen LogP contribution in [0.25, 0.3) is 0 Å². The van der Waals surface area contributed by atoms with Crippen LogP contribution in [0.4, 0.5) is 5.69 Å². The van der Waals surface area contributed by atoms with Crippen LogP contribution < -0.4 is 10.5 Å². The third-order valence-electron chi connectivity index (χ3n) is 3.39. The molecule has 5 heteroatoms.